The highest BCUT2D eigenvalue weighted by Gasteiger charge is 2.25. The number of carbonyl (C=O) groups excluding carboxylic acids is 1. The molecule has 1 amide bonds. The molecule has 0 spiro atoms. The van der Waals surface area contributed by atoms with Crippen molar-refractivity contribution in [1.29, 1.82) is 0 Å². The normalized spacial score (nSPS) is 18.4. The molecule has 20 heavy (non-hydrogen) atoms. The Morgan fingerprint density at radius 2 is 2.05 bits per heavy atom. The molecule has 0 unspecified atom stereocenters. The molecule has 0 aliphatic carbocycles. The van der Waals surface area contributed by atoms with Crippen LogP contribution >= 0.6 is 0 Å². The third kappa shape index (κ3) is 2.58. The molecule has 0 bridgehead atoms. The number of hydrogen-bond acceptors (Lipinski definition) is 4. The zero-order valence-corrected chi connectivity index (χ0v) is 11.6. The van der Waals surface area contributed by atoms with Gasteiger partial charge in [-0.25, -0.2) is 0 Å². The number of hydrogen-bond donors (Lipinski definition) is 0. The monoisotopic (exact) mass is 277 g/mol. The van der Waals surface area contributed by atoms with E-state index in [0.29, 0.717) is 23.0 Å². The molecule has 108 valence electrons. The van der Waals surface area contributed by atoms with Gasteiger partial charge >= 0.3 is 0 Å². The number of ether oxygens (including phenoxy) is 3. The summed E-state index contributed by atoms with van der Waals surface area (Å²) in [4.78, 5) is 14.4. The van der Waals surface area contributed by atoms with Gasteiger partial charge in [0, 0.05) is 32.4 Å². The van der Waals surface area contributed by atoms with Crippen molar-refractivity contribution in [3.8, 4) is 11.5 Å². The molecule has 1 aromatic rings. The van der Waals surface area contributed by atoms with E-state index >= 15 is 0 Å². The first kappa shape index (κ1) is 13.2. The molecule has 1 aromatic carbocycles. The molecule has 0 aromatic heterocycles. The lowest BCUT2D eigenvalue weighted by Gasteiger charge is -2.31. The fourth-order valence-corrected chi connectivity index (χ4v) is 2.75. The van der Waals surface area contributed by atoms with E-state index in [1.807, 2.05) is 4.90 Å². The Kier molecular flexibility index (Phi) is 3.78. The Hall–Kier alpha value is -1.75. The average molecular weight is 277 g/mol. The van der Waals surface area contributed by atoms with Crippen LogP contribution in [-0.2, 0) is 4.74 Å². The Morgan fingerprint density at radius 3 is 2.80 bits per heavy atom. The third-order valence-electron chi connectivity index (χ3n) is 3.92. The molecule has 1 fully saturated rings. The second kappa shape index (κ2) is 5.71. The smallest absolute Gasteiger partial charge is 0.253 e. The number of carbonyl (C=O) groups is 1. The van der Waals surface area contributed by atoms with Crippen LogP contribution in [0.1, 0.15) is 23.2 Å². The van der Waals surface area contributed by atoms with E-state index in [1.54, 1.807) is 25.3 Å². The number of likely N-dealkylation sites (tertiary alicyclic amines) is 1. The van der Waals surface area contributed by atoms with E-state index in [0.717, 1.165) is 32.5 Å². The van der Waals surface area contributed by atoms with Gasteiger partial charge in [-0.15, -0.1) is 0 Å². The predicted octanol–water partition coefficient (Wildman–Crippen LogP) is 1.91. The van der Waals surface area contributed by atoms with E-state index in [2.05, 4.69) is 0 Å². The van der Waals surface area contributed by atoms with Crippen molar-refractivity contribution in [2.24, 2.45) is 5.92 Å². The number of benzene rings is 1. The molecule has 2 heterocycles. The standard InChI is InChI=1S/C15H19NO4/c1-18-9-11-4-6-16(7-5-11)15(17)12-2-3-13-14(8-12)20-10-19-13/h2-3,8,11H,4-7,9-10H2,1H3. The lowest BCUT2D eigenvalue weighted by atomic mass is 9.97. The van der Waals surface area contributed by atoms with Crippen molar-refractivity contribution in [3.05, 3.63) is 23.8 Å². The van der Waals surface area contributed by atoms with Gasteiger partial charge in [0.05, 0.1) is 0 Å². The van der Waals surface area contributed by atoms with Crippen molar-refractivity contribution in [2.45, 2.75) is 12.8 Å². The molecule has 5 heteroatoms. The van der Waals surface area contributed by atoms with Gasteiger partial charge < -0.3 is 19.1 Å². The number of piperidine rings is 1. The minimum Gasteiger partial charge on any atom is -0.454 e. The van der Waals surface area contributed by atoms with Crippen LogP contribution in [0.3, 0.4) is 0 Å². The molecule has 2 aliphatic heterocycles. The number of rotatable bonds is 3. The largest absolute Gasteiger partial charge is 0.454 e. The highest BCUT2D eigenvalue weighted by atomic mass is 16.7. The molecule has 0 saturated carbocycles. The van der Waals surface area contributed by atoms with Gasteiger partial charge in [0.25, 0.3) is 5.91 Å². The van der Waals surface area contributed by atoms with Crippen molar-refractivity contribution < 1.29 is 19.0 Å². The summed E-state index contributed by atoms with van der Waals surface area (Å²) >= 11 is 0. The zero-order valence-electron chi connectivity index (χ0n) is 11.6. The van der Waals surface area contributed by atoms with Gasteiger partial charge in [-0.2, -0.15) is 0 Å². The zero-order chi connectivity index (χ0) is 13.9. The highest BCUT2D eigenvalue weighted by Crippen LogP contribution is 2.33. The maximum atomic E-state index is 12.5. The summed E-state index contributed by atoms with van der Waals surface area (Å²) in [7, 11) is 1.73. The molecule has 5 nitrogen and oxygen atoms in total. The van der Waals surface area contributed by atoms with Gasteiger partial charge in [0.1, 0.15) is 0 Å². The summed E-state index contributed by atoms with van der Waals surface area (Å²) in [6.45, 7) is 2.60. The van der Waals surface area contributed by atoms with Crippen molar-refractivity contribution in [3.63, 3.8) is 0 Å². The molecule has 1 saturated heterocycles. The first-order valence-electron chi connectivity index (χ1n) is 6.96. The van der Waals surface area contributed by atoms with Crippen molar-refractivity contribution in [1.82, 2.24) is 4.90 Å². The Labute approximate surface area is 118 Å². The molecule has 0 atom stereocenters. The van der Waals surface area contributed by atoms with E-state index in [9.17, 15) is 4.79 Å². The summed E-state index contributed by atoms with van der Waals surface area (Å²) < 4.78 is 15.8. The van der Waals surface area contributed by atoms with Gasteiger partial charge in [-0.3, -0.25) is 4.79 Å². The molecule has 3 rings (SSSR count). The minimum atomic E-state index is 0.0687. The summed E-state index contributed by atoms with van der Waals surface area (Å²) in [6.07, 6.45) is 2.01. The van der Waals surface area contributed by atoms with Crippen LogP contribution in [0.15, 0.2) is 18.2 Å². The summed E-state index contributed by atoms with van der Waals surface area (Å²) in [6, 6.07) is 5.37. The van der Waals surface area contributed by atoms with Gasteiger partial charge in [0.2, 0.25) is 6.79 Å². The maximum absolute atomic E-state index is 12.5. The van der Waals surface area contributed by atoms with E-state index < -0.39 is 0 Å². The second-order valence-corrected chi connectivity index (χ2v) is 5.26. The molecular weight excluding hydrogens is 258 g/mol. The Balaban J connectivity index is 1.65. The minimum absolute atomic E-state index is 0.0687. The highest BCUT2D eigenvalue weighted by molar-refractivity contribution is 5.95. The summed E-state index contributed by atoms with van der Waals surface area (Å²) in [5.74, 6) is 2.01. The number of amides is 1. The first-order valence-corrected chi connectivity index (χ1v) is 6.96. The van der Waals surface area contributed by atoms with Crippen LogP contribution < -0.4 is 9.47 Å². The van der Waals surface area contributed by atoms with Gasteiger partial charge in [0.15, 0.2) is 11.5 Å². The molecule has 0 N–H and O–H groups in total. The van der Waals surface area contributed by atoms with Crippen LogP contribution in [0.2, 0.25) is 0 Å². The van der Waals surface area contributed by atoms with E-state index in [1.165, 1.54) is 0 Å². The van der Waals surface area contributed by atoms with Gasteiger partial charge in [-0.05, 0) is 37.0 Å². The average Bonchev–Trinajstić information content (AvgIpc) is 2.95. The summed E-state index contributed by atoms with van der Waals surface area (Å²) in [5, 5.41) is 0. The third-order valence-corrected chi connectivity index (χ3v) is 3.92. The number of fused-ring (bicyclic) bond motifs is 1. The predicted molar refractivity (Wildman–Crippen MR) is 73.1 cm³/mol. The van der Waals surface area contributed by atoms with E-state index in [4.69, 9.17) is 14.2 Å². The van der Waals surface area contributed by atoms with Crippen LogP contribution in [0.4, 0.5) is 0 Å². The lowest BCUT2D eigenvalue weighted by Crippen LogP contribution is -2.39. The molecule has 2 aliphatic rings. The lowest BCUT2D eigenvalue weighted by molar-refractivity contribution is 0.0613. The van der Waals surface area contributed by atoms with Gasteiger partial charge in [-0.1, -0.05) is 0 Å². The Bertz CT molecular complexity index is 495. The van der Waals surface area contributed by atoms with E-state index in [-0.39, 0.29) is 12.7 Å². The maximum Gasteiger partial charge on any atom is 0.253 e. The van der Waals surface area contributed by atoms with Crippen LogP contribution in [0.25, 0.3) is 0 Å². The first-order chi connectivity index (χ1) is 9.78. The molecule has 0 radical (unpaired) electrons. The fourth-order valence-electron chi connectivity index (χ4n) is 2.75. The second-order valence-electron chi connectivity index (χ2n) is 5.26. The fraction of sp³-hybridized carbons (Fsp3) is 0.533. The number of nitrogens with zero attached hydrogens (tertiary/aromatic N) is 1. The van der Waals surface area contributed by atoms with Crippen LogP contribution in [0.5, 0.6) is 11.5 Å². The Morgan fingerprint density at radius 1 is 1.30 bits per heavy atom. The van der Waals surface area contributed by atoms with Crippen LogP contribution in [0, 0.1) is 5.92 Å². The summed E-state index contributed by atoms with van der Waals surface area (Å²) in [5.41, 5.74) is 0.666. The quantitative estimate of drug-likeness (QED) is 0.847. The van der Waals surface area contributed by atoms with Crippen LogP contribution in [-0.4, -0.2) is 44.4 Å². The number of methoxy groups -OCH3 is 1. The topological polar surface area (TPSA) is 48.0 Å². The SMILES string of the molecule is COCC1CCN(C(=O)c2ccc3c(c2)OCO3)CC1. The van der Waals surface area contributed by atoms with Crippen molar-refractivity contribution in [2.75, 3.05) is 33.6 Å². The van der Waals surface area contributed by atoms with Crippen molar-refractivity contribution >= 4 is 5.91 Å². The molecular formula is C15H19NO4.